The van der Waals surface area contributed by atoms with Crippen LogP contribution in [0.1, 0.15) is 19.8 Å². The van der Waals surface area contributed by atoms with E-state index >= 15 is 0 Å². The Balaban J connectivity index is 2.30. The molecule has 0 saturated carbocycles. The molecule has 5 nitrogen and oxygen atoms in total. The summed E-state index contributed by atoms with van der Waals surface area (Å²) >= 11 is 5.72. The lowest BCUT2D eigenvalue weighted by atomic mass is 10.2. The highest BCUT2D eigenvalue weighted by Crippen LogP contribution is 2.15. The molecule has 0 bridgehead atoms. The summed E-state index contributed by atoms with van der Waals surface area (Å²) in [6, 6.07) is 5.94. The van der Waals surface area contributed by atoms with Crippen LogP contribution in [-0.4, -0.2) is 29.6 Å². The van der Waals surface area contributed by atoms with Gasteiger partial charge in [-0.2, -0.15) is 0 Å². The van der Waals surface area contributed by atoms with Gasteiger partial charge >= 0.3 is 5.97 Å². The Labute approximate surface area is 116 Å². The van der Waals surface area contributed by atoms with Crippen molar-refractivity contribution < 1.29 is 19.4 Å². The minimum absolute atomic E-state index is 0.104. The second-order valence-corrected chi connectivity index (χ2v) is 4.36. The number of rotatable bonds is 7. The molecule has 2 N–H and O–H groups in total. The van der Waals surface area contributed by atoms with E-state index in [0.29, 0.717) is 17.2 Å². The number of ether oxygens (including phenoxy) is 1. The summed E-state index contributed by atoms with van der Waals surface area (Å²) in [7, 11) is 0. The quantitative estimate of drug-likeness (QED) is 0.804. The Morgan fingerprint density at radius 3 is 2.53 bits per heavy atom. The third-order valence-electron chi connectivity index (χ3n) is 2.45. The Kier molecular flexibility index (Phi) is 6.15. The van der Waals surface area contributed by atoms with Gasteiger partial charge in [0.15, 0.2) is 0 Å². The van der Waals surface area contributed by atoms with Crippen molar-refractivity contribution >= 4 is 23.5 Å². The van der Waals surface area contributed by atoms with E-state index < -0.39 is 12.0 Å². The van der Waals surface area contributed by atoms with Gasteiger partial charge in [-0.1, -0.05) is 18.5 Å². The van der Waals surface area contributed by atoms with E-state index in [-0.39, 0.29) is 18.9 Å². The summed E-state index contributed by atoms with van der Waals surface area (Å²) in [4.78, 5) is 22.2. The van der Waals surface area contributed by atoms with E-state index in [1.165, 1.54) is 0 Å². The van der Waals surface area contributed by atoms with Gasteiger partial charge < -0.3 is 15.2 Å². The molecule has 6 heteroatoms. The lowest BCUT2D eigenvalue weighted by Gasteiger charge is -2.12. The zero-order valence-corrected chi connectivity index (χ0v) is 11.3. The zero-order valence-electron chi connectivity index (χ0n) is 10.6. The van der Waals surface area contributed by atoms with Crippen molar-refractivity contribution in [3.63, 3.8) is 0 Å². The number of hydrogen-bond acceptors (Lipinski definition) is 3. The van der Waals surface area contributed by atoms with Crippen LogP contribution in [0.25, 0.3) is 0 Å². The van der Waals surface area contributed by atoms with Crippen LogP contribution >= 0.6 is 11.6 Å². The topological polar surface area (TPSA) is 75.6 Å². The van der Waals surface area contributed by atoms with E-state index in [4.69, 9.17) is 21.4 Å². The summed E-state index contributed by atoms with van der Waals surface area (Å²) < 4.78 is 5.34. The van der Waals surface area contributed by atoms with Crippen molar-refractivity contribution in [2.75, 3.05) is 6.61 Å². The number of carbonyl (C=O) groups is 2. The molecule has 1 rings (SSSR count). The molecule has 0 fully saturated rings. The van der Waals surface area contributed by atoms with Crippen LogP contribution in [0.3, 0.4) is 0 Å². The molecule has 1 aromatic carbocycles. The molecule has 0 aliphatic heterocycles. The van der Waals surface area contributed by atoms with Crippen LogP contribution in [0.4, 0.5) is 0 Å². The Bertz CT molecular complexity index is 433. The summed E-state index contributed by atoms with van der Waals surface area (Å²) in [5.74, 6) is -0.764. The van der Waals surface area contributed by atoms with Crippen LogP contribution in [0.2, 0.25) is 5.02 Å². The van der Waals surface area contributed by atoms with E-state index in [1.807, 2.05) is 0 Å². The molecular weight excluding hydrogens is 270 g/mol. The van der Waals surface area contributed by atoms with Gasteiger partial charge in [-0.15, -0.1) is 0 Å². The van der Waals surface area contributed by atoms with Gasteiger partial charge in [-0.05, 0) is 30.7 Å². The average molecular weight is 286 g/mol. The van der Waals surface area contributed by atoms with Crippen molar-refractivity contribution in [1.82, 2.24) is 5.32 Å². The second-order valence-electron chi connectivity index (χ2n) is 3.92. The molecule has 0 aliphatic carbocycles. The molecule has 0 aromatic heterocycles. The third-order valence-corrected chi connectivity index (χ3v) is 2.71. The van der Waals surface area contributed by atoms with Crippen LogP contribution in [0, 0.1) is 0 Å². The lowest BCUT2D eigenvalue weighted by molar-refractivity contribution is -0.142. The highest BCUT2D eigenvalue weighted by molar-refractivity contribution is 6.30. The molecule has 1 unspecified atom stereocenters. The Morgan fingerprint density at radius 1 is 1.37 bits per heavy atom. The summed E-state index contributed by atoms with van der Waals surface area (Å²) in [6.07, 6.45) is 0.450. The van der Waals surface area contributed by atoms with Gasteiger partial charge in [0.25, 0.3) is 0 Å². The number of halogens is 1. The van der Waals surface area contributed by atoms with E-state index in [0.717, 1.165) is 0 Å². The number of amides is 1. The highest BCUT2D eigenvalue weighted by Gasteiger charge is 2.17. The number of nitrogens with one attached hydrogen (secondary N) is 1. The smallest absolute Gasteiger partial charge is 0.326 e. The molecule has 0 spiro atoms. The van der Waals surface area contributed by atoms with E-state index in [2.05, 4.69) is 5.32 Å². The first kappa shape index (κ1) is 15.3. The van der Waals surface area contributed by atoms with Crippen LogP contribution in [0.5, 0.6) is 5.75 Å². The van der Waals surface area contributed by atoms with Crippen LogP contribution < -0.4 is 10.1 Å². The maximum atomic E-state index is 11.5. The predicted octanol–water partition coefficient (Wildman–Crippen LogP) is 2.09. The minimum Gasteiger partial charge on any atom is -0.493 e. The summed E-state index contributed by atoms with van der Waals surface area (Å²) in [6.45, 7) is 1.88. The minimum atomic E-state index is -1.03. The SMILES string of the molecule is CCC(NC(=O)CCOc1ccc(Cl)cc1)C(=O)O. The molecule has 0 radical (unpaired) electrons. The second kappa shape index (κ2) is 7.63. The summed E-state index contributed by atoms with van der Waals surface area (Å²) in [5, 5.41) is 11.8. The average Bonchev–Trinajstić information content (AvgIpc) is 2.38. The maximum Gasteiger partial charge on any atom is 0.326 e. The normalized spacial score (nSPS) is 11.7. The number of benzene rings is 1. The largest absolute Gasteiger partial charge is 0.493 e. The van der Waals surface area contributed by atoms with Crippen molar-refractivity contribution in [3.8, 4) is 5.75 Å². The van der Waals surface area contributed by atoms with Gasteiger partial charge in [-0.3, -0.25) is 4.79 Å². The standard InChI is InChI=1S/C13H16ClNO4/c1-2-11(13(17)18)15-12(16)7-8-19-10-5-3-9(14)4-6-10/h3-6,11H,2,7-8H2,1H3,(H,15,16)(H,17,18). The number of hydrogen-bond donors (Lipinski definition) is 2. The van der Waals surface area contributed by atoms with Crippen molar-refractivity contribution in [1.29, 1.82) is 0 Å². The molecule has 0 aliphatic rings. The fourth-order valence-electron chi connectivity index (χ4n) is 1.40. The van der Waals surface area contributed by atoms with Crippen molar-refractivity contribution in [2.24, 2.45) is 0 Å². The fourth-order valence-corrected chi connectivity index (χ4v) is 1.52. The van der Waals surface area contributed by atoms with Gasteiger partial charge in [0.2, 0.25) is 5.91 Å². The molecule has 104 valence electrons. The molecule has 1 aromatic rings. The molecule has 19 heavy (non-hydrogen) atoms. The van der Waals surface area contributed by atoms with Crippen LogP contribution in [0.15, 0.2) is 24.3 Å². The number of carboxylic acid groups (broad SMARTS) is 1. The molecule has 0 heterocycles. The Hall–Kier alpha value is -1.75. The van der Waals surface area contributed by atoms with Gasteiger partial charge in [0, 0.05) is 5.02 Å². The van der Waals surface area contributed by atoms with Gasteiger partial charge in [-0.25, -0.2) is 4.79 Å². The van der Waals surface area contributed by atoms with Crippen LogP contribution in [-0.2, 0) is 9.59 Å². The predicted molar refractivity (Wildman–Crippen MR) is 71.4 cm³/mol. The zero-order chi connectivity index (χ0) is 14.3. The first-order valence-corrected chi connectivity index (χ1v) is 6.31. The fraction of sp³-hybridized carbons (Fsp3) is 0.385. The molecular formula is C13H16ClNO4. The van der Waals surface area contributed by atoms with Gasteiger partial charge in [0.05, 0.1) is 13.0 Å². The third kappa shape index (κ3) is 5.61. The molecule has 0 saturated heterocycles. The maximum absolute atomic E-state index is 11.5. The first-order chi connectivity index (χ1) is 9.02. The lowest BCUT2D eigenvalue weighted by Crippen LogP contribution is -2.40. The molecule has 1 atom stereocenters. The number of aliphatic carboxylic acids is 1. The summed E-state index contributed by atoms with van der Waals surface area (Å²) in [5.41, 5.74) is 0. The van der Waals surface area contributed by atoms with Crippen molar-refractivity contribution in [2.45, 2.75) is 25.8 Å². The molecule has 1 amide bonds. The number of carboxylic acids is 1. The van der Waals surface area contributed by atoms with E-state index in [9.17, 15) is 9.59 Å². The number of carbonyl (C=O) groups excluding carboxylic acids is 1. The monoisotopic (exact) mass is 285 g/mol. The van der Waals surface area contributed by atoms with E-state index in [1.54, 1.807) is 31.2 Å². The Morgan fingerprint density at radius 2 is 2.00 bits per heavy atom. The first-order valence-electron chi connectivity index (χ1n) is 5.93. The van der Waals surface area contributed by atoms with Crippen molar-refractivity contribution in [3.05, 3.63) is 29.3 Å². The van der Waals surface area contributed by atoms with Gasteiger partial charge in [0.1, 0.15) is 11.8 Å². The highest BCUT2D eigenvalue weighted by atomic mass is 35.5.